The average Bonchev–Trinajstić information content (AvgIpc) is 2.38. The Morgan fingerprint density at radius 1 is 1.20 bits per heavy atom. The number of aryl methyl sites for hydroxylation is 1. The first-order valence-electron chi connectivity index (χ1n) is 7.06. The van der Waals surface area contributed by atoms with E-state index in [4.69, 9.17) is 0 Å². The lowest BCUT2D eigenvalue weighted by Crippen LogP contribution is -2.43. The molecule has 0 amide bonds. The third-order valence-corrected chi connectivity index (χ3v) is 5.26. The largest absolute Gasteiger partial charge is 0.316 e. The lowest BCUT2D eigenvalue weighted by molar-refractivity contribution is 0.439. The second-order valence-electron chi connectivity index (χ2n) is 5.67. The van der Waals surface area contributed by atoms with Crippen LogP contribution in [0.4, 0.5) is 0 Å². The lowest BCUT2D eigenvalue weighted by Gasteiger charge is -2.25. The summed E-state index contributed by atoms with van der Waals surface area (Å²) >= 11 is 0. The molecule has 0 aliphatic rings. The zero-order chi connectivity index (χ0) is 15.4. The van der Waals surface area contributed by atoms with Crippen LogP contribution >= 0.6 is 0 Å². The molecular weight excluding hydrogens is 272 g/mol. The number of benzene rings is 1. The van der Waals surface area contributed by atoms with Gasteiger partial charge in [0.1, 0.15) is 0 Å². The molecule has 0 saturated heterocycles. The van der Waals surface area contributed by atoms with E-state index < -0.39 is 15.6 Å². The van der Waals surface area contributed by atoms with Gasteiger partial charge in [-0.15, -0.1) is 0 Å². The van der Waals surface area contributed by atoms with Crippen LogP contribution in [0.3, 0.4) is 0 Å². The van der Waals surface area contributed by atoms with Crippen LogP contribution in [0.25, 0.3) is 0 Å². The highest BCUT2D eigenvalue weighted by Crippen LogP contribution is 2.21. The molecule has 0 aliphatic heterocycles. The molecule has 1 rings (SSSR count). The van der Waals surface area contributed by atoms with E-state index in [2.05, 4.69) is 10.0 Å². The zero-order valence-corrected chi connectivity index (χ0v) is 13.9. The molecule has 0 heterocycles. The van der Waals surface area contributed by atoms with Crippen molar-refractivity contribution >= 4 is 10.0 Å². The van der Waals surface area contributed by atoms with Crippen LogP contribution in [0.2, 0.25) is 0 Å². The summed E-state index contributed by atoms with van der Waals surface area (Å²) in [5, 5.41) is 3.04. The third-order valence-electron chi connectivity index (χ3n) is 3.48. The van der Waals surface area contributed by atoms with E-state index in [9.17, 15) is 8.42 Å². The maximum Gasteiger partial charge on any atom is 0.241 e. The smallest absolute Gasteiger partial charge is 0.241 e. The van der Waals surface area contributed by atoms with Crippen molar-refractivity contribution in [3.63, 3.8) is 0 Å². The highest BCUT2D eigenvalue weighted by atomic mass is 32.2. The average molecular weight is 298 g/mol. The van der Waals surface area contributed by atoms with E-state index in [1.54, 1.807) is 6.07 Å². The summed E-state index contributed by atoms with van der Waals surface area (Å²) < 4.78 is 28.0. The number of hydrogen-bond acceptors (Lipinski definition) is 3. The predicted molar refractivity (Wildman–Crippen MR) is 83.3 cm³/mol. The molecule has 0 radical (unpaired) electrons. The predicted octanol–water partition coefficient (Wildman–Crippen LogP) is 2.44. The van der Waals surface area contributed by atoms with Crippen molar-refractivity contribution in [1.29, 1.82) is 0 Å². The van der Waals surface area contributed by atoms with Gasteiger partial charge in [-0.05, 0) is 50.9 Å². The molecule has 1 aromatic rings. The van der Waals surface area contributed by atoms with Crippen LogP contribution in [-0.2, 0) is 23.0 Å². The van der Waals surface area contributed by atoms with E-state index in [0.717, 1.165) is 17.5 Å². The standard InChI is InChI=1S/C15H26N2O2S/c1-6-13-9-8-12(11-16-5)10-14(13)20(18,19)17-15(3,4)7-2/h8-10,16-17H,6-7,11H2,1-5H3. The van der Waals surface area contributed by atoms with Gasteiger partial charge in [-0.3, -0.25) is 0 Å². The van der Waals surface area contributed by atoms with Gasteiger partial charge >= 0.3 is 0 Å². The van der Waals surface area contributed by atoms with Crippen LogP contribution in [0, 0.1) is 0 Å². The Morgan fingerprint density at radius 2 is 1.85 bits per heavy atom. The Kier molecular flexibility index (Phi) is 5.74. The van der Waals surface area contributed by atoms with Crippen molar-refractivity contribution in [3.8, 4) is 0 Å². The topological polar surface area (TPSA) is 58.2 Å². The van der Waals surface area contributed by atoms with Crippen LogP contribution in [-0.4, -0.2) is 21.0 Å². The minimum absolute atomic E-state index is 0.397. The number of nitrogens with one attached hydrogen (secondary N) is 2. The van der Waals surface area contributed by atoms with Crippen LogP contribution in [0.5, 0.6) is 0 Å². The number of rotatable bonds is 7. The Balaban J connectivity index is 3.24. The van der Waals surface area contributed by atoms with Gasteiger partial charge in [0.2, 0.25) is 10.0 Å². The first-order valence-corrected chi connectivity index (χ1v) is 8.54. The van der Waals surface area contributed by atoms with E-state index >= 15 is 0 Å². The Morgan fingerprint density at radius 3 is 2.35 bits per heavy atom. The summed E-state index contributed by atoms with van der Waals surface area (Å²) in [5.41, 5.74) is 1.38. The molecule has 0 bridgehead atoms. The molecule has 0 saturated carbocycles. The Bertz CT molecular complexity index is 551. The molecule has 0 fully saturated rings. The second-order valence-corrected chi connectivity index (χ2v) is 7.32. The fraction of sp³-hybridized carbons (Fsp3) is 0.600. The molecule has 5 heteroatoms. The maximum atomic E-state index is 12.6. The fourth-order valence-electron chi connectivity index (χ4n) is 1.95. The summed E-state index contributed by atoms with van der Waals surface area (Å²) in [5.74, 6) is 0. The lowest BCUT2D eigenvalue weighted by atomic mass is 10.0. The van der Waals surface area contributed by atoms with Crippen molar-refractivity contribution in [1.82, 2.24) is 10.0 Å². The van der Waals surface area contributed by atoms with Crippen molar-refractivity contribution in [2.75, 3.05) is 7.05 Å². The van der Waals surface area contributed by atoms with Crippen molar-refractivity contribution in [2.45, 2.75) is 57.5 Å². The molecule has 0 atom stereocenters. The molecule has 4 nitrogen and oxygen atoms in total. The van der Waals surface area contributed by atoms with Gasteiger partial charge in [0.15, 0.2) is 0 Å². The highest BCUT2D eigenvalue weighted by molar-refractivity contribution is 7.89. The summed E-state index contributed by atoms with van der Waals surface area (Å²) in [7, 11) is -1.64. The van der Waals surface area contributed by atoms with Crippen LogP contribution < -0.4 is 10.0 Å². The monoisotopic (exact) mass is 298 g/mol. The molecule has 2 N–H and O–H groups in total. The minimum atomic E-state index is -3.49. The molecule has 0 unspecified atom stereocenters. The summed E-state index contributed by atoms with van der Waals surface area (Å²) in [6.45, 7) is 8.39. The van der Waals surface area contributed by atoms with Gasteiger partial charge in [-0.1, -0.05) is 26.0 Å². The molecule has 0 aliphatic carbocycles. The maximum absolute atomic E-state index is 12.6. The van der Waals surface area contributed by atoms with Gasteiger partial charge in [-0.2, -0.15) is 0 Å². The van der Waals surface area contributed by atoms with Gasteiger partial charge in [0, 0.05) is 12.1 Å². The summed E-state index contributed by atoms with van der Waals surface area (Å²) in [6.07, 6.45) is 1.44. The molecule has 0 spiro atoms. The van der Waals surface area contributed by atoms with Crippen LogP contribution in [0.1, 0.15) is 45.2 Å². The number of sulfonamides is 1. The molecular formula is C15H26N2O2S. The third kappa shape index (κ3) is 4.30. The quantitative estimate of drug-likeness (QED) is 0.813. The first-order chi connectivity index (χ1) is 9.25. The normalized spacial score (nSPS) is 12.7. The summed E-state index contributed by atoms with van der Waals surface area (Å²) in [6, 6.07) is 5.64. The SMILES string of the molecule is CCc1ccc(CNC)cc1S(=O)(=O)NC(C)(C)CC. The fourth-order valence-corrected chi connectivity index (χ4v) is 3.79. The van der Waals surface area contributed by atoms with Crippen molar-refractivity contribution in [3.05, 3.63) is 29.3 Å². The molecule has 114 valence electrons. The van der Waals surface area contributed by atoms with E-state index in [1.165, 1.54) is 0 Å². The van der Waals surface area contributed by atoms with Gasteiger partial charge in [0.05, 0.1) is 4.90 Å². The number of hydrogen-bond donors (Lipinski definition) is 2. The zero-order valence-electron chi connectivity index (χ0n) is 13.1. The van der Waals surface area contributed by atoms with E-state index in [1.807, 2.05) is 46.9 Å². The Labute approximate surface area is 123 Å². The van der Waals surface area contributed by atoms with Crippen molar-refractivity contribution in [2.24, 2.45) is 0 Å². The van der Waals surface area contributed by atoms with E-state index in [-0.39, 0.29) is 0 Å². The second kappa shape index (κ2) is 6.70. The first kappa shape index (κ1) is 17.1. The van der Waals surface area contributed by atoms with Gasteiger partial charge in [-0.25, -0.2) is 13.1 Å². The van der Waals surface area contributed by atoms with Gasteiger partial charge in [0.25, 0.3) is 0 Å². The van der Waals surface area contributed by atoms with Gasteiger partial charge < -0.3 is 5.32 Å². The van der Waals surface area contributed by atoms with Crippen LogP contribution in [0.15, 0.2) is 23.1 Å². The van der Waals surface area contributed by atoms with E-state index in [0.29, 0.717) is 17.9 Å². The van der Waals surface area contributed by atoms with Crippen molar-refractivity contribution < 1.29 is 8.42 Å². The Hall–Kier alpha value is -0.910. The summed E-state index contributed by atoms with van der Waals surface area (Å²) in [4.78, 5) is 0.397. The molecule has 20 heavy (non-hydrogen) atoms. The minimum Gasteiger partial charge on any atom is -0.316 e. The molecule has 0 aromatic heterocycles. The highest BCUT2D eigenvalue weighted by Gasteiger charge is 2.26. The molecule has 1 aromatic carbocycles.